The predicted molar refractivity (Wildman–Crippen MR) is 138 cm³/mol. The second kappa shape index (κ2) is 10.9. The summed E-state index contributed by atoms with van der Waals surface area (Å²) in [7, 11) is 0. The maximum atomic E-state index is 12.0. The van der Waals surface area contributed by atoms with Crippen LogP contribution in [-0.2, 0) is 17.9 Å². The topological polar surface area (TPSA) is 50.2 Å². The lowest BCUT2D eigenvalue weighted by atomic mass is 9.89. The van der Waals surface area contributed by atoms with Crippen molar-refractivity contribution in [2.24, 2.45) is 5.92 Å². The Morgan fingerprint density at radius 2 is 1.88 bits per heavy atom. The van der Waals surface area contributed by atoms with E-state index in [0.29, 0.717) is 5.92 Å². The number of piperidine rings is 1. The molecule has 1 saturated heterocycles. The Morgan fingerprint density at radius 1 is 1.15 bits per heavy atom. The smallest absolute Gasteiger partial charge is 0.226 e. The summed E-state index contributed by atoms with van der Waals surface area (Å²) in [5, 5.41) is 8.35. The number of anilines is 1. The van der Waals surface area contributed by atoms with Gasteiger partial charge in [-0.3, -0.25) is 14.4 Å². The molecular weight excluding hydrogens is 500 g/mol. The van der Waals surface area contributed by atoms with Crippen LogP contribution in [0.4, 0.5) is 5.69 Å². The van der Waals surface area contributed by atoms with E-state index in [2.05, 4.69) is 48.1 Å². The predicted octanol–water partition coefficient (Wildman–Crippen LogP) is 6.32. The van der Waals surface area contributed by atoms with Crippen molar-refractivity contribution in [3.63, 3.8) is 0 Å². The van der Waals surface area contributed by atoms with Gasteiger partial charge in [0.25, 0.3) is 0 Å². The van der Waals surface area contributed by atoms with Crippen molar-refractivity contribution in [1.29, 1.82) is 0 Å². The fraction of sp³-hybridized carbons (Fsp3) is 0.385. The Balaban J connectivity index is 1.36. The molecule has 1 amide bonds. The standard InChI is InChI=1S/C26H30BrClN4O/c1-18(2)26(33)30-23-5-3-4-21(14-23)20-10-12-31(13-11-20)17-25-24(27)15-29-32(25)16-19-6-8-22(28)9-7-19/h3-9,14-15,18,20H,10-13,16-17H2,1-2H3,(H,30,33). The molecule has 1 aliphatic rings. The van der Waals surface area contributed by atoms with Crippen LogP contribution in [0, 0.1) is 5.92 Å². The van der Waals surface area contributed by atoms with Crippen molar-refractivity contribution in [1.82, 2.24) is 14.7 Å². The molecule has 33 heavy (non-hydrogen) atoms. The fourth-order valence-electron chi connectivity index (χ4n) is 4.24. The average Bonchev–Trinajstić information content (AvgIpc) is 3.15. The van der Waals surface area contributed by atoms with Gasteiger partial charge in [0.15, 0.2) is 0 Å². The highest BCUT2D eigenvalue weighted by atomic mass is 79.9. The Kier molecular flexibility index (Phi) is 7.89. The number of hydrogen-bond donors (Lipinski definition) is 1. The molecule has 0 unspecified atom stereocenters. The lowest BCUT2D eigenvalue weighted by Crippen LogP contribution is -2.33. The van der Waals surface area contributed by atoms with Crippen molar-refractivity contribution < 1.29 is 4.79 Å². The van der Waals surface area contributed by atoms with E-state index in [1.807, 2.05) is 56.4 Å². The molecule has 0 aliphatic carbocycles. The highest BCUT2D eigenvalue weighted by Gasteiger charge is 2.23. The number of carbonyl (C=O) groups excluding carboxylic acids is 1. The van der Waals surface area contributed by atoms with Crippen LogP contribution < -0.4 is 5.32 Å². The number of likely N-dealkylation sites (tertiary alicyclic amines) is 1. The van der Waals surface area contributed by atoms with Gasteiger partial charge in [0.1, 0.15) is 0 Å². The number of nitrogens with zero attached hydrogens (tertiary/aromatic N) is 3. The molecule has 174 valence electrons. The number of benzene rings is 2. The highest BCUT2D eigenvalue weighted by molar-refractivity contribution is 9.10. The third-order valence-electron chi connectivity index (χ3n) is 6.25. The molecule has 5 nitrogen and oxygen atoms in total. The van der Waals surface area contributed by atoms with Crippen LogP contribution in [0.2, 0.25) is 5.02 Å². The minimum atomic E-state index is -0.0238. The van der Waals surface area contributed by atoms with E-state index >= 15 is 0 Å². The zero-order valence-electron chi connectivity index (χ0n) is 19.1. The number of nitrogens with one attached hydrogen (secondary N) is 1. The molecule has 0 radical (unpaired) electrons. The summed E-state index contributed by atoms with van der Waals surface area (Å²) in [5.41, 5.74) is 4.58. The van der Waals surface area contributed by atoms with Gasteiger partial charge in [-0.25, -0.2) is 0 Å². The second-order valence-corrected chi connectivity index (χ2v) is 10.3. The summed E-state index contributed by atoms with van der Waals surface area (Å²) in [6, 6.07) is 16.3. The molecule has 1 fully saturated rings. The van der Waals surface area contributed by atoms with Crippen molar-refractivity contribution in [2.45, 2.75) is 45.7 Å². The first-order valence-electron chi connectivity index (χ1n) is 11.5. The largest absolute Gasteiger partial charge is 0.326 e. The van der Waals surface area contributed by atoms with Crippen LogP contribution in [0.15, 0.2) is 59.2 Å². The first-order chi connectivity index (χ1) is 15.9. The number of aromatic nitrogens is 2. The monoisotopic (exact) mass is 528 g/mol. The van der Waals surface area contributed by atoms with Crippen LogP contribution >= 0.6 is 27.5 Å². The Hall–Kier alpha value is -2.15. The third-order valence-corrected chi connectivity index (χ3v) is 7.17. The molecular formula is C26H30BrClN4O. The van der Waals surface area contributed by atoms with E-state index in [9.17, 15) is 4.79 Å². The average molecular weight is 530 g/mol. The van der Waals surface area contributed by atoms with Crippen molar-refractivity contribution in [2.75, 3.05) is 18.4 Å². The molecule has 1 aromatic heterocycles. The van der Waals surface area contributed by atoms with E-state index in [-0.39, 0.29) is 11.8 Å². The van der Waals surface area contributed by atoms with Crippen molar-refractivity contribution in [3.05, 3.63) is 81.0 Å². The normalized spacial score (nSPS) is 15.2. The van der Waals surface area contributed by atoms with Crippen molar-refractivity contribution in [3.8, 4) is 0 Å². The number of halogens is 2. The van der Waals surface area contributed by atoms with Gasteiger partial charge in [-0.1, -0.05) is 49.7 Å². The summed E-state index contributed by atoms with van der Waals surface area (Å²) in [5.74, 6) is 0.548. The van der Waals surface area contributed by atoms with Crippen LogP contribution in [0.3, 0.4) is 0 Å². The molecule has 3 aromatic rings. The molecule has 1 N–H and O–H groups in total. The Bertz CT molecular complexity index is 1090. The molecule has 2 aromatic carbocycles. The van der Waals surface area contributed by atoms with E-state index in [1.165, 1.54) is 16.8 Å². The minimum Gasteiger partial charge on any atom is -0.326 e. The first kappa shape index (κ1) is 24.0. The fourth-order valence-corrected chi connectivity index (χ4v) is 4.78. The van der Waals surface area contributed by atoms with E-state index in [0.717, 1.165) is 54.2 Å². The highest BCUT2D eigenvalue weighted by Crippen LogP contribution is 2.31. The summed E-state index contributed by atoms with van der Waals surface area (Å²) < 4.78 is 3.12. The maximum Gasteiger partial charge on any atom is 0.226 e. The second-order valence-electron chi connectivity index (χ2n) is 9.04. The van der Waals surface area contributed by atoms with Crippen LogP contribution in [-0.4, -0.2) is 33.7 Å². The Morgan fingerprint density at radius 3 is 2.58 bits per heavy atom. The lowest BCUT2D eigenvalue weighted by Gasteiger charge is -2.32. The van der Waals surface area contributed by atoms with Gasteiger partial charge in [-0.2, -0.15) is 5.10 Å². The van der Waals surface area contributed by atoms with E-state index < -0.39 is 0 Å². The van der Waals surface area contributed by atoms with E-state index in [4.69, 9.17) is 11.6 Å². The zero-order chi connectivity index (χ0) is 23.4. The summed E-state index contributed by atoms with van der Waals surface area (Å²) in [6.07, 6.45) is 4.09. The van der Waals surface area contributed by atoms with Gasteiger partial charge >= 0.3 is 0 Å². The summed E-state index contributed by atoms with van der Waals surface area (Å²) >= 11 is 9.71. The van der Waals surface area contributed by atoms with Gasteiger partial charge in [0.05, 0.1) is 22.9 Å². The molecule has 4 rings (SSSR count). The number of carbonyl (C=O) groups is 1. The van der Waals surface area contributed by atoms with Gasteiger partial charge in [-0.05, 0) is 83.2 Å². The first-order valence-corrected chi connectivity index (χ1v) is 12.6. The van der Waals surface area contributed by atoms with Gasteiger partial charge in [-0.15, -0.1) is 0 Å². The number of rotatable bonds is 7. The molecule has 1 aliphatic heterocycles. The number of hydrogen-bond acceptors (Lipinski definition) is 3. The van der Waals surface area contributed by atoms with Crippen LogP contribution in [0.1, 0.15) is 49.4 Å². The van der Waals surface area contributed by atoms with Crippen molar-refractivity contribution >= 4 is 39.1 Å². The third kappa shape index (κ3) is 6.25. The SMILES string of the molecule is CC(C)C(=O)Nc1cccc(C2CCN(Cc3c(Br)cnn3Cc3ccc(Cl)cc3)CC2)c1. The molecule has 0 atom stereocenters. The quantitative estimate of drug-likeness (QED) is 0.389. The lowest BCUT2D eigenvalue weighted by molar-refractivity contribution is -0.118. The maximum absolute atomic E-state index is 12.0. The van der Waals surface area contributed by atoms with E-state index in [1.54, 1.807) is 0 Å². The zero-order valence-corrected chi connectivity index (χ0v) is 21.4. The summed E-state index contributed by atoms with van der Waals surface area (Å²) in [6.45, 7) is 7.48. The van der Waals surface area contributed by atoms with Crippen LogP contribution in [0.25, 0.3) is 0 Å². The van der Waals surface area contributed by atoms with Gasteiger partial charge < -0.3 is 5.32 Å². The molecule has 7 heteroatoms. The molecule has 2 heterocycles. The summed E-state index contributed by atoms with van der Waals surface area (Å²) in [4.78, 5) is 14.5. The van der Waals surface area contributed by atoms with Gasteiger partial charge in [0, 0.05) is 23.2 Å². The van der Waals surface area contributed by atoms with Crippen LogP contribution in [0.5, 0.6) is 0 Å². The number of amides is 1. The molecule has 0 bridgehead atoms. The molecule has 0 saturated carbocycles. The minimum absolute atomic E-state index is 0.0238. The van der Waals surface area contributed by atoms with Gasteiger partial charge in [0.2, 0.25) is 5.91 Å². The Labute approximate surface area is 209 Å². The molecule has 0 spiro atoms.